The zero-order valence-corrected chi connectivity index (χ0v) is 14.6. The molecule has 2 aromatic rings. The van der Waals surface area contributed by atoms with Gasteiger partial charge >= 0.3 is 0 Å². The predicted molar refractivity (Wildman–Crippen MR) is 97.9 cm³/mol. The van der Waals surface area contributed by atoms with Crippen LogP contribution in [0.1, 0.15) is 18.4 Å². The predicted octanol–water partition coefficient (Wildman–Crippen LogP) is 2.97. The molecule has 5 nitrogen and oxygen atoms in total. The lowest BCUT2D eigenvalue weighted by Crippen LogP contribution is -2.53. The molecule has 0 radical (unpaired) electrons. The van der Waals surface area contributed by atoms with E-state index in [-0.39, 0.29) is 12.5 Å². The number of nitrogens with one attached hydrogen (secondary N) is 2. The highest BCUT2D eigenvalue weighted by Crippen LogP contribution is 2.22. The van der Waals surface area contributed by atoms with Crippen molar-refractivity contribution in [3.8, 4) is 5.75 Å². The average molecular weight is 361 g/mol. The molecule has 132 valence electrons. The molecule has 1 heterocycles. The first-order chi connectivity index (χ1) is 12.1. The number of carbonyl (C=O) groups is 1. The summed E-state index contributed by atoms with van der Waals surface area (Å²) in [5, 5.41) is 16.9. The molecule has 1 amide bonds. The van der Waals surface area contributed by atoms with E-state index in [4.69, 9.17) is 16.3 Å². The topological polar surface area (TPSA) is 70.6 Å². The van der Waals surface area contributed by atoms with Crippen LogP contribution in [0.5, 0.6) is 5.75 Å². The number of amides is 1. The van der Waals surface area contributed by atoms with Gasteiger partial charge in [-0.25, -0.2) is 0 Å². The summed E-state index contributed by atoms with van der Waals surface area (Å²) in [5.74, 6) is 0.292. The Hall–Kier alpha value is -2.08. The molecule has 0 aliphatic carbocycles. The van der Waals surface area contributed by atoms with Crippen molar-refractivity contribution in [2.75, 3.05) is 18.4 Å². The Kier molecular flexibility index (Phi) is 5.58. The van der Waals surface area contributed by atoms with Crippen molar-refractivity contribution in [1.29, 1.82) is 0 Å². The maximum atomic E-state index is 12.3. The van der Waals surface area contributed by atoms with Crippen molar-refractivity contribution < 1.29 is 14.6 Å². The Bertz CT molecular complexity index is 728. The van der Waals surface area contributed by atoms with E-state index in [2.05, 4.69) is 10.6 Å². The lowest BCUT2D eigenvalue weighted by molar-refractivity contribution is -0.135. The van der Waals surface area contributed by atoms with E-state index in [1.807, 2.05) is 24.3 Å². The van der Waals surface area contributed by atoms with Crippen LogP contribution in [0.4, 0.5) is 5.69 Å². The normalized spacial score (nSPS) is 20.1. The summed E-state index contributed by atoms with van der Waals surface area (Å²) in [4.78, 5) is 12.3. The van der Waals surface area contributed by atoms with Gasteiger partial charge in [0.2, 0.25) is 0 Å². The van der Waals surface area contributed by atoms with Crippen molar-refractivity contribution in [3.63, 3.8) is 0 Å². The monoisotopic (exact) mass is 360 g/mol. The van der Waals surface area contributed by atoms with Gasteiger partial charge in [0.25, 0.3) is 5.91 Å². The molecule has 25 heavy (non-hydrogen) atoms. The van der Waals surface area contributed by atoms with E-state index in [1.54, 1.807) is 24.3 Å². The van der Waals surface area contributed by atoms with Gasteiger partial charge in [0, 0.05) is 22.8 Å². The van der Waals surface area contributed by atoms with Gasteiger partial charge < -0.3 is 20.5 Å². The second kappa shape index (κ2) is 7.87. The molecule has 0 aromatic heterocycles. The molecule has 1 saturated heterocycles. The smallest absolute Gasteiger partial charge is 0.257 e. The number of anilines is 1. The van der Waals surface area contributed by atoms with Crippen LogP contribution in [-0.2, 0) is 11.4 Å². The molecule has 1 fully saturated rings. The molecule has 1 atom stereocenters. The van der Waals surface area contributed by atoms with Crippen LogP contribution in [0.15, 0.2) is 48.5 Å². The molecule has 0 spiro atoms. The zero-order valence-electron chi connectivity index (χ0n) is 13.8. The third-order valence-electron chi connectivity index (χ3n) is 4.25. The van der Waals surface area contributed by atoms with E-state index >= 15 is 0 Å². The van der Waals surface area contributed by atoms with Gasteiger partial charge in [-0.05, 0) is 49.7 Å². The number of rotatable bonds is 5. The lowest BCUT2D eigenvalue weighted by Gasteiger charge is -2.31. The molecule has 3 rings (SSSR count). The van der Waals surface area contributed by atoms with Gasteiger partial charge in [0.15, 0.2) is 5.60 Å². The van der Waals surface area contributed by atoms with E-state index in [9.17, 15) is 9.90 Å². The Morgan fingerprint density at radius 2 is 2.00 bits per heavy atom. The van der Waals surface area contributed by atoms with E-state index in [0.29, 0.717) is 29.5 Å². The lowest BCUT2D eigenvalue weighted by atomic mass is 9.93. The number of hydrogen-bond acceptors (Lipinski definition) is 4. The molecule has 6 heteroatoms. The summed E-state index contributed by atoms with van der Waals surface area (Å²) in [6, 6.07) is 14.6. The fourth-order valence-corrected chi connectivity index (χ4v) is 2.93. The van der Waals surface area contributed by atoms with Crippen molar-refractivity contribution in [1.82, 2.24) is 5.32 Å². The summed E-state index contributed by atoms with van der Waals surface area (Å²) in [5.41, 5.74) is 0.181. The summed E-state index contributed by atoms with van der Waals surface area (Å²) < 4.78 is 5.71. The summed E-state index contributed by atoms with van der Waals surface area (Å²) >= 11 is 6.10. The number of β-amino-alcohol motifs (C(OH)–C–C–N with tert-alkyl or cyclic N) is 1. The highest BCUT2D eigenvalue weighted by molar-refractivity contribution is 6.31. The molecule has 3 N–H and O–H groups in total. The van der Waals surface area contributed by atoms with Gasteiger partial charge in [0.1, 0.15) is 12.4 Å². The fraction of sp³-hybridized carbons (Fsp3) is 0.316. The first-order valence-electron chi connectivity index (χ1n) is 8.28. The molecule has 1 aliphatic heterocycles. The first-order valence-corrected chi connectivity index (χ1v) is 8.65. The number of benzene rings is 2. The maximum absolute atomic E-state index is 12.3. The minimum atomic E-state index is -1.35. The highest BCUT2D eigenvalue weighted by Gasteiger charge is 2.37. The number of ether oxygens (including phenoxy) is 1. The Morgan fingerprint density at radius 3 is 2.68 bits per heavy atom. The highest BCUT2D eigenvalue weighted by atomic mass is 35.5. The quantitative estimate of drug-likeness (QED) is 0.766. The second-order valence-electron chi connectivity index (χ2n) is 6.17. The van der Waals surface area contributed by atoms with Crippen molar-refractivity contribution >= 4 is 23.2 Å². The van der Waals surface area contributed by atoms with Gasteiger partial charge in [-0.1, -0.05) is 29.8 Å². The van der Waals surface area contributed by atoms with Crippen molar-refractivity contribution in [2.24, 2.45) is 0 Å². The third kappa shape index (κ3) is 4.51. The zero-order chi connectivity index (χ0) is 17.7. The minimum Gasteiger partial charge on any atom is -0.489 e. The van der Waals surface area contributed by atoms with Gasteiger partial charge in [-0.2, -0.15) is 0 Å². The van der Waals surface area contributed by atoms with Crippen LogP contribution in [0.25, 0.3) is 0 Å². The van der Waals surface area contributed by atoms with Gasteiger partial charge in [-0.15, -0.1) is 0 Å². The van der Waals surface area contributed by atoms with Crippen LogP contribution in [-0.4, -0.2) is 29.7 Å². The number of aliphatic hydroxyl groups is 1. The molecule has 0 saturated carbocycles. The van der Waals surface area contributed by atoms with Gasteiger partial charge in [-0.3, -0.25) is 4.79 Å². The number of piperidine rings is 1. The van der Waals surface area contributed by atoms with Crippen molar-refractivity contribution in [3.05, 3.63) is 59.1 Å². The number of halogens is 1. The molecular weight excluding hydrogens is 340 g/mol. The van der Waals surface area contributed by atoms with Crippen LogP contribution < -0.4 is 15.4 Å². The largest absolute Gasteiger partial charge is 0.489 e. The van der Waals surface area contributed by atoms with Crippen LogP contribution in [0.2, 0.25) is 5.02 Å². The second-order valence-corrected chi connectivity index (χ2v) is 6.58. The van der Waals surface area contributed by atoms with Crippen LogP contribution in [0, 0.1) is 0 Å². The third-order valence-corrected chi connectivity index (χ3v) is 4.62. The van der Waals surface area contributed by atoms with E-state index in [1.165, 1.54) is 0 Å². The van der Waals surface area contributed by atoms with Crippen LogP contribution >= 0.6 is 11.6 Å². The standard InChI is InChI=1S/C19H21ClN2O3/c20-17-5-2-1-4-14(17)12-25-16-8-6-15(7-9-16)22-18(23)19(24)10-3-11-21-13-19/h1-2,4-9,21,24H,3,10-13H2,(H,22,23). The summed E-state index contributed by atoms with van der Waals surface area (Å²) in [6.45, 7) is 1.47. The molecular formula is C19H21ClN2O3. The first kappa shape index (κ1) is 17.7. The Morgan fingerprint density at radius 1 is 1.24 bits per heavy atom. The molecule has 0 bridgehead atoms. The SMILES string of the molecule is O=C(Nc1ccc(OCc2ccccc2Cl)cc1)C1(O)CCCNC1. The average Bonchev–Trinajstić information content (AvgIpc) is 2.63. The fourth-order valence-electron chi connectivity index (χ4n) is 2.74. The molecule has 2 aromatic carbocycles. The molecule has 1 unspecified atom stereocenters. The van der Waals surface area contributed by atoms with Crippen LogP contribution in [0.3, 0.4) is 0 Å². The Labute approximate surface area is 152 Å². The summed E-state index contributed by atoms with van der Waals surface area (Å²) in [7, 11) is 0. The van der Waals surface area contributed by atoms with E-state index < -0.39 is 5.60 Å². The Balaban J connectivity index is 1.57. The summed E-state index contributed by atoms with van der Waals surface area (Å²) in [6.07, 6.45) is 1.24. The molecule has 1 aliphatic rings. The number of carbonyl (C=O) groups excluding carboxylic acids is 1. The van der Waals surface area contributed by atoms with Gasteiger partial charge in [0.05, 0.1) is 0 Å². The van der Waals surface area contributed by atoms with Crippen molar-refractivity contribution in [2.45, 2.75) is 25.0 Å². The van der Waals surface area contributed by atoms with E-state index in [0.717, 1.165) is 18.5 Å². The maximum Gasteiger partial charge on any atom is 0.257 e. The minimum absolute atomic E-state index is 0.276. The number of hydrogen-bond donors (Lipinski definition) is 3.